The van der Waals surface area contributed by atoms with Gasteiger partial charge in [-0.05, 0) is 30.9 Å². The SMILES string of the molecule is Cc1cnn(C[C@H](C)Nc2ncnc3ccsc23)c1. The van der Waals surface area contributed by atoms with E-state index in [4.69, 9.17) is 0 Å². The van der Waals surface area contributed by atoms with Crippen LogP contribution in [-0.2, 0) is 6.54 Å². The maximum absolute atomic E-state index is 4.32. The lowest BCUT2D eigenvalue weighted by Gasteiger charge is -2.14. The Hall–Kier alpha value is -1.95. The fourth-order valence-electron chi connectivity index (χ4n) is 2.02. The summed E-state index contributed by atoms with van der Waals surface area (Å²) in [6.07, 6.45) is 5.51. The van der Waals surface area contributed by atoms with Gasteiger partial charge in [0.2, 0.25) is 0 Å². The lowest BCUT2D eigenvalue weighted by atomic mass is 10.3. The topological polar surface area (TPSA) is 55.6 Å². The van der Waals surface area contributed by atoms with Crippen molar-refractivity contribution in [3.63, 3.8) is 0 Å². The van der Waals surface area contributed by atoms with Crippen LogP contribution < -0.4 is 5.32 Å². The average molecular weight is 273 g/mol. The molecule has 3 aromatic rings. The van der Waals surface area contributed by atoms with Crippen molar-refractivity contribution in [3.8, 4) is 0 Å². The molecule has 0 unspecified atom stereocenters. The Morgan fingerprint density at radius 3 is 3.11 bits per heavy atom. The van der Waals surface area contributed by atoms with Gasteiger partial charge < -0.3 is 5.32 Å². The standard InChI is InChI=1S/C13H15N5S/c1-9-5-16-18(6-9)7-10(2)17-13-12-11(3-4-19-12)14-8-15-13/h3-6,8,10H,7H2,1-2H3,(H,14,15,17)/t10-/m0/s1. The zero-order valence-corrected chi connectivity index (χ0v) is 11.7. The quantitative estimate of drug-likeness (QED) is 0.794. The van der Waals surface area contributed by atoms with Crippen LogP contribution in [0.4, 0.5) is 5.82 Å². The number of fused-ring (bicyclic) bond motifs is 1. The number of hydrogen-bond acceptors (Lipinski definition) is 5. The van der Waals surface area contributed by atoms with E-state index in [1.54, 1.807) is 17.7 Å². The molecule has 0 spiro atoms. The number of thiophene rings is 1. The van der Waals surface area contributed by atoms with Crippen LogP contribution in [0.2, 0.25) is 0 Å². The van der Waals surface area contributed by atoms with E-state index in [2.05, 4.69) is 27.3 Å². The summed E-state index contributed by atoms with van der Waals surface area (Å²) in [5, 5.41) is 9.76. The highest BCUT2D eigenvalue weighted by atomic mass is 32.1. The van der Waals surface area contributed by atoms with Gasteiger partial charge >= 0.3 is 0 Å². The molecule has 1 N–H and O–H groups in total. The fraction of sp³-hybridized carbons (Fsp3) is 0.308. The predicted octanol–water partition coefficient (Wildman–Crippen LogP) is 2.70. The monoisotopic (exact) mass is 273 g/mol. The molecule has 19 heavy (non-hydrogen) atoms. The lowest BCUT2D eigenvalue weighted by molar-refractivity contribution is 0.560. The van der Waals surface area contributed by atoms with Gasteiger partial charge in [0.1, 0.15) is 12.1 Å². The van der Waals surface area contributed by atoms with Gasteiger partial charge in [-0.1, -0.05) is 0 Å². The van der Waals surface area contributed by atoms with E-state index in [9.17, 15) is 0 Å². The second kappa shape index (κ2) is 4.97. The highest BCUT2D eigenvalue weighted by Crippen LogP contribution is 2.25. The molecule has 0 bridgehead atoms. The number of rotatable bonds is 4. The van der Waals surface area contributed by atoms with E-state index < -0.39 is 0 Å². The number of nitrogens with zero attached hydrogens (tertiary/aromatic N) is 4. The molecule has 3 aromatic heterocycles. The van der Waals surface area contributed by atoms with E-state index in [1.807, 2.05) is 35.4 Å². The first kappa shape index (κ1) is 12.1. The lowest BCUT2D eigenvalue weighted by Crippen LogP contribution is -2.22. The Morgan fingerprint density at radius 2 is 2.32 bits per heavy atom. The Labute approximate surface area is 115 Å². The Morgan fingerprint density at radius 1 is 1.42 bits per heavy atom. The molecule has 0 saturated heterocycles. The molecule has 3 heterocycles. The third-order valence-corrected chi connectivity index (χ3v) is 3.76. The molecule has 5 nitrogen and oxygen atoms in total. The van der Waals surface area contributed by atoms with Crippen molar-refractivity contribution in [3.05, 3.63) is 35.7 Å². The van der Waals surface area contributed by atoms with Crippen LogP contribution in [0.3, 0.4) is 0 Å². The summed E-state index contributed by atoms with van der Waals surface area (Å²) in [5.74, 6) is 0.899. The molecule has 98 valence electrons. The fourth-order valence-corrected chi connectivity index (χ4v) is 2.82. The van der Waals surface area contributed by atoms with Gasteiger partial charge in [0.15, 0.2) is 0 Å². The first-order valence-corrected chi connectivity index (χ1v) is 7.04. The molecular weight excluding hydrogens is 258 g/mol. The van der Waals surface area contributed by atoms with Crippen LogP contribution in [0.1, 0.15) is 12.5 Å². The third kappa shape index (κ3) is 2.58. The molecule has 1 atom stereocenters. The minimum atomic E-state index is 0.250. The molecule has 0 aliphatic carbocycles. The molecule has 0 radical (unpaired) electrons. The maximum atomic E-state index is 4.32. The predicted molar refractivity (Wildman–Crippen MR) is 77.5 cm³/mol. The number of aryl methyl sites for hydroxylation is 1. The summed E-state index contributed by atoms with van der Waals surface area (Å²) >= 11 is 1.66. The highest BCUT2D eigenvalue weighted by molar-refractivity contribution is 7.17. The third-order valence-electron chi connectivity index (χ3n) is 2.85. The minimum Gasteiger partial charge on any atom is -0.364 e. The molecule has 0 aromatic carbocycles. The van der Waals surface area contributed by atoms with E-state index in [-0.39, 0.29) is 6.04 Å². The van der Waals surface area contributed by atoms with Gasteiger partial charge in [0, 0.05) is 12.2 Å². The van der Waals surface area contributed by atoms with Gasteiger partial charge in [-0.2, -0.15) is 5.10 Å². The first-order valence-electron chi connectivity index (χ1n) is 6.16. The van der Waals surface area contributed by atoms with Crippen molar-refractivity contribution >= 4 is 27.4 Å². The largest absolute Gasteiger partial charge is 0.364 e. The molecule has 0 amide bonds. The Bertz CT molecular complexity index is 687. The molecule has 0 aliphatic heterocycles. The van der Waals surface area contributed by atoms with E-state index in [0.29, 0.717) is 0 Å². The number of aromatic nitrogens is 4. The molecule has 0 fully saturated rings. The van der Waals surface area contributed by atoms with E-state index in [1.165, 1.54) is 5.56 Å². The van der Waals surface area contributed by atoms with Gasteiger partial charge in [-0.15, -0.1) is 11.3 Å². The van der Waals surface area contributed by atoms with Crippen LogP contribution in [0.5, 0.6) is 0 Å². The van der Waals surface area contributed by atoms with Crippen LogP contribution in [0, 0.1) is 6.92 Å². The molecular formula is C13H15N5S. The van der Waals surface area contributed by atoms with Crippen molar-refractivity contribution in [1.29, 1.82) is 0 Å². The number of nitrogens with one attached hydrogen (secondary N) is 1. The van der Waals surface area contributed by atoms with Crippen LogP contribution >= 0.6 is 11.3 Å². The molecule has 3 rings (SSSR count). The van der Waals surface area contributed by atoms with Crippen LogP contribution in [0.15, 0.2) is 30.2 Å². The molecule has 6 heteroatoms. The van der Waals surface area contributed by atoms with E-state index in [0.717, 1.165) is 22.6 Å². The summed E-state index contributed by atoms with van der Waals surface area (Å²) in [4.78, 5) is 8.56. The van der Waals surface area contributed by atoms with Crippen molar-refractivity contribution in [2.45, 2.75) is 26.4 Å². The Balaban J connectivity index is 1.75. The van der Waals surface area contributed by atoms with Crippen LogP contribution in [-0.4, -0.2) is 25.8 Å². The summed E-state index contributed by atoms with van der Waals surface area (Å²) in [5.41, 5.74) is 2.17. The smallest absolute Gasteiger partial charge is 0.147 e. The average Bonchev–Trinajstić information content (AvgIpc) is 2.98. The van der Waals surface area contributed by atoms with Crippen LogP contribution in [0.25, 0.3) is 10.2 Å². The summed E-state index contributed by atoms with van der Waals surface area (Å²) in [6, 6.07) is 2.26. The maximum Gasteiger partial charge on any atom is 0.147 e. The number of anilines is 1. The van der Waals surface area contributed by atoms with Gasteiger partial charge in [-0.3, -0.25) is 4.68 Å². The van der Waals surface area contributed by atoms with Crippen molar-refractivity contribution in [2.24, 2.45) is 0 Å². The van der Waals surface area contributed by atoms with Gasteiger partial charge in [-0.25, -0.2) is 9.97 Å². The van der Waals surface area contributed by atoms with Gasteiger partial charge in [0.05, 0.1) is 23.0 Å². The van der Waals surface area contributed by atoms with Crippen molar-refractivity contribution in [2.75, 3.05) is 5.32 Å². The summed E-state index contributed by atoms with van der Waals surface area (Å²) < 4.78 is 3.05. The Kier molecular flexibility index (Phi) is 3.16. The highest BCUT2D eigenvalue weighted by Gasteiger charge is 2.09. The second-order valence-electron chi connectivity index (χ2n) is 4.64. The zero-order valence-electron chi connectivity index (χ0n) is 10.9. The number of hydrogen-bond donors (Lipinski definition) is 1. The first-order chi connectivity index (χ1) is 9.22. The van der Waals surface area contributed by atoms with Crippen molar-refractivity contribution in [1.82, 2.24) is 19.7 Å². The van der Waals surface area contributed by atoms with E-state index >= 15 is 0 Å². The molecule has 0 aliphatic rings. The van der Waals surface area contributed by atoms with Gasteiger partial charge in [0.25, 0.3) is 0 Å². The zero-order chi connectivity index (χ0) is 13.2. The molecule has 0 saturated carbocycles. The summed E-state index contributed by atoms with van der Waals surface area (Å²) in [6.45, 7) is 4.98. The normalized spacial score (nSPS) is 12.7. The summed E-state index contributed by atoms with van der Waals surface area (Å²) in [7, 11) is 0. The minimum absolute atomic E-state index is 0.250. The van der Waals surface area contributed by atoms with Crippen molar-refractivity contribution < 1.29 is 0 Å². The second-order valence-corrected chi connectivity index (χ2v) is 5.56.